The van der Waals surface area contributed by atoms with Gasteiger partial charge in [0.15, 0.2) is 0 Å². The fourth-order valence-electron chi connectivity index (χ4n) is 4.18. The maximum atomic E-state index is 13.1. The summed E-state index contributed by atoms with van der Waals surface area (Å²) in [5.74, 6) is 0.548. The Morgan fingerprint density at radius 3 is 2.46 bits per heavy atom. The molecule has 5 heteroatoms. The number of thiazole rings is 1. The lowest BCUT2D eigenvalue weighted by molar-refractivity contribution is 0.0721. The minimum atomic E-state index is 0.0490. The lowest BCUT2D eigenvalue weighted by Crippen LogP contribution is -2.33. The van der Waals surface area contributed by atoms with Crippen molar-refractivity contribution >= 4 is 28.0 Å². The van der Waals surface area contributed by atoms with Crippen molar-refractivity contribution in [1.29, 1.82) is 0 Å². The molecule has 4 nitrogen and oxygen atoms in total. The molecule has 1 aromatic heterocycles. The Morgan fingerprint density at radius 1 is 1.08 bits per heavy atom. The molecule has 0 unspecified atom stereocenters. The summed E-state index contributed by atoms with van der Waals surface area (Å²) in [6.45, 7) is 3.40. The van der Waals surface area contributed by atoms with Crippen LogP contribution in [0.5, 0.6) is 0 Å². The molecule has 132 valence electrons. The van der Waals surface area contributed by atoms with Gasteiger partial charge in [-0.3, -0.25) is 4.79 Å². The monoisotopic (exact) mass is 363 g/mol. The first-order chi connectivity index (χ1) is 12.8. The highest BCUT2D eigenvalue weighted by Crippen LogP contribution is 2.32. The summed E-state index contributed by atoms with van der Waals surface area (Å²) in [5.41, 5.74) is 3.06. The van der Waals surface area contributed by atoms with Crippen LogP contribution in [-0.2, 0) is 13.1 Å². The smallest absolute Gasteiger partial charge is 0.273 e. The summed E-state index contributed by atoms with van der Waals surface area (Å²) in [4.78, 5) is 19.7. The molecular weight excluding hydrogens is 342 g/mol. The van der Waals surface area contributed by atoms with E-state index in [9.17, 15) is 4.79 Å². The minimum Gasteiger partial charge on any atom is -0.329 e. The van der Waals surface area contributed by atoms with Crippen LogP contribution in [0.4, 0.5) is 0 Å². The predicted molar refractivity (Wildman–Crippen MR) is 104 cm³/mol. The second kappa shape index (κ2) is 6.49. The molecule has 0 spiro atoms. The Balaban J connectivity index is 1.41. The average Bonchev–Trinajstić information content (AvgIpc) is 3.19. The third-order valence-electron chi connectivity index (χ3n) is 5.52. The average molecular weight is 363 g/mol. The molecule has 2 aliphatic heterocycles. The molecule has 1 fully saturated rings. The number of rotatable bonds is 2. The molecule has 0 bridgehead atoms. The maximum absolute atomic E-state index is 13.1. The Bertz CT molecular complexity index is 934. The van der Waals surface area contributed by atoms with Crippen LogP contribution < -0.4 is 5.32 Å². The normalized spacial score (nSPS) is 17.6. The highest BCUT2D eigenvalue weighted by molar-refractivity contribution is 7.09. The van der Waals surface area contributed by atoms with Crippen molar-refractivity contribution in [3.8, 4) is 0 Å². The van der Waals surface area contributed by atoms with Gasteiger partial charge in [0.05, 0.1) is 5.01 Å². The number of carbonyl (C=O) groups is 1. The van der Waals surface area contributed by atoms with Crippen molar-refractivity contribution in [2.45, 2.75) is 31.8 Å². The van der Waals surface area contributed by atoms with Gasteiger partial charge in [-0.2, -0.15) is 0 Å². The van der Waals surface area contributed by atoms with Crippen molar-refractivity contribution in [3.63, 3.8) is 0 Å². The summed E-state index contributed by atoms with van der Waals surface area (Å²) < 4.78 is 0. The molecule has 2 aromatic carbocycles. The van der Waals surface area contributed by atoms with E-state index in [-0.39, 0.29) is 5.91 Å². The molecule has 2 aliphatic rings. The van der Waals surface area contributed by atoms with Crippen LogP contribution in [-0.4, -0.2) is 28.9 Å². The Morgan fingerprint density at radius 2 is 1.77 bits per heavy atom. The standard InChI is InChI=1S/C21H21N3OS/c25-21(18-13-26-20(23-18)15-7-9-22-10-8-15)24-11-16-5-1-3-14-4-2-6-17(12-24)19(14)16/h1-6,13,15,22H,7-12H2. The molecule has 1 amide bonds. The zero-order chi connectivity index (χ0) is 17.5. The van der Waals surface area contributed by atoms with Gasteiger partial charge in [0, 0.05) is 24.4 Å². The molecule has 0 radical (unpaired) electrons. The Kier molecular flexibility index (Phi) is 3.98. The summed E-state index contributed by atoms with van der Waals surface area (Å²) in [6.07, 6.45) is 2.22. The van der Waals surface area contributed by atoms with Crippen LogP contribution >= 0.6 is 11.3 Å². The minimum absolute atomic E-state index is 0.0490. The van der Waals surface area contributed by atoms with E-state index in [1.165, 1.54) is 21.9 Å². The SMILES string of the molecule is O=C(c1csc(C2CCNCC2)n1)N1Cc2cccc3cccc(c23)C1. The van der Waals surface area contributed by atoms with E-state index in [1.54, 1.807) is 11.3 Å². The first kappa shape index (κ1) is 16.0. The number of hydrogen-bond acceptors (Lipinski definition) is 4. The van der Waals surface area contributed by atoms with Gasteiger partial charge in [0.2, 0.25) is 0 Å². The quantitative estimate of drug-likeness (QED) is 0.751. The Labute approximate surface area is 156 Å². The van der Waals surface area contributed by atoms with Crippen molar-refractivity contribution < 1.29 is 4.79 Å². The van der Waals surface area contributed by atoms with E-state index in [2.05, 4.69) is 41.7 Å². The Hall–Kier alpha value is -2.24. The molecule has 3 heterocycles. The highest BCUT2D eigenvalue weighted by atomic mass is 32.1. The first-order valence-corrected chi connectivity index (χ1v) is 10.1. The van der Waals surface area contributed by atoms with Gasteiger partial charge in [0.1, 0.15) is 5.69 Å². The van der Waals surface area contributed by atoms with Crippen LogP contribution in [0.1, 0.15) is 45.4 Å². The van der Waals surface area contributed by atoms with Crippen LogP contribution in [0.25, 0.3) is 10.8 Å². The lowest BCUT2D eigenvalue weighted by Gasteiger charge is -2.28. The largest absolute Gasteiger partial charge is 0.329 e. The topological polar surface area (TPSA) is 45.2 Å². The summed E-state index contributed by atoms with van der Waals surface area (Å²) in [6, 6.07) is 12.7. The fourth-order valence-corrected chi connectivity index (χ4v) is 5.15. The van der Waals surface area contributed by atoms with Crippen molar-refractivity contribution in [2.24, 2.45) is 0 Å². The first-order valence-electron chi connectivity index (χ1n) is 9.24. The highest BCUT2D eigenvalue weighted by Gasteiger charge is 2.26. The molecular formula is C21H21N3OS. The lowest BCUT2D eigenvalue weighted by atomic mass is 9.95. The third-order valence-corrected chi connectivity index (χ3v) is 6.52. The van der Waals surface area contributed by atoms with Gasteiger partial charge < -0.3 is 10.2 Å². The second-order valence-electron chi connectivity index (χ2n) is 7.19. The molecule has 0 atom stereocenters. The molecule has 5 rings (SSSR count). The number of hydrogen-bond donors (Lipinski definition) is 1. The number of nitrogens with one attached hydrogen (secondary N) is 1. The number of carbonyl (C=O) groups excluding carboxylic acids is 1. The molecule has 26 heavy (non-hydrogen) atoms. The van der Waals surface area contributed by atoms with Crippen molar-refractivity contribution in [2.75, 3.05) is 13.1 Å². The number of aromatic nitrogens is 1. The number of amides is 1. The van der Waals surface area contributed by atoms with Crippen LogP contribution in [0.3, 0.4) is 0 Å². The van der Waals surface area contributed by atoms with Crippen LogP contribution in [0, 0.1) is 0 Å². The molecule has 1 N–H and O–H groups in total. The zero-order valence-corrected chi connectivity index (χ0v) is 15.4. The third kappa shape index (κ3) is 2.72. The summed E-state index contributed by atoms with van der Waals surface area (Å²) >= 11 is 1.64. The van der Waals surface area contributed by atoms with E-state index in [0.29, 0.717) is 24.7 Å². The molecule has 0 saturated carbocycles. The van der Waals surface area contributed by atoms with Gasteiger partial charge in [-0.25, -0.2) is 4.98 Å². The molecule has 1 saturated heterocycles. The molecule has 3 aromatic rings. The maximum Gasteiger partial charge on any atom is 0.273 e. The molecule has 0 aliphatic carbocycles. The van der Waals surface area contributed by atoms with E-state index in [0.717, 1.165) is 30.9 Å². The van der Waals surface area contributed by atoms with Gasteiger partial charge in [-0.15, -0.1) is 11.3 Å². The van der Waals surface area contributed by atoms with E-state index in [4.69, 9.17) is 4.98 Å². The number of nitrogens with zero attached hydrogens (tertiary/aromatic N) is 2. The van der Waals surface area contributed by atoms with Crippen LogP contribution in [0.15, 0.2) is 41.8 Å². The van der Waals surface area contributed by atoms with Crippen LogP contribution in [0.2, 0.25) is 0 Å². The van der Waals surface area contributed by atoms with E-state index in [1.807, 2.05) is 10.3 Å². The van der Waals surface area contributed by atoms with Crippen molar-refractivity contribution in [1.82, 2.24) is 15.2 Å². The summed E-state index contributed by atoms with van der Waals surface area (Å²) in [5, 5.41) is 9.02. The summed E-state index contributed by atoms with van der Waals surface area (Å²) in [7, 11) is 0. The van der Waals surface area contributed by atoms with Gasteiger partial charge in [-0.05, 0) is 47.8 Å². The zero-order valence-electron chi connectivity index (χ0n) is 14.6. The number of piperidine rings is 1. The predicted octanol–water partition coefficient (Wildman–Crippen LogP) is 3.92. The van der Waals surface area contributed by atoms with Crippen molar-refractivity contribution in [3.05, 3.63) is 63.6 Å². The van der Waals surface area contributed by atoms with E-state index < -0.39 is 0 Å². The van der Waals surface area contributed by atoms with Gasteiger partial charge in [-0.1, -0.05) is 36.4 Å². The van der Waals surface area contributed by atoms with Gasteiger partial charge in [0.25, 0.3) is 5.91 Å². The van der Waals surface area contributed by atoms with Gasteiger partial charge >= 0.3 is 0 Å². The number of benzene rings is 2. The fraction of sp³-hybridized carbons (Fsp3) is 0.333. The second-order valence-corrected chi connectivity index (χ2v) is 8.08. The van der Waals surface area contributed by atoms with E-state index >= 15 is 0 Å².